The van der Waals surface area contributed by atoms with Gasteiger partial charge in [-0.2, -0.15) is 17.4 Å². The summed E-state index contributed by atoms with van der Waals surface area (Å²) >= 11 is 0. The number of nitrogens with zero attached hydrogens (tertiary/aromatic N) is 1. The van der Waals surface area contributed by atoms with Gasteiger partial charge in [0, 0.05) is 27.1 Å². The summed E-state index contributed by atoms with van der Waals surface area (Å²) in [4.78, 5) is 0. The van der Waals surface area contributed by atoms with Crippen molar-refractivity contribution in [2.75, 3.05) is 20.7 Å². The van der Waals surface area contributed by atoms with Gasteiger partial charge in [-0.25, -0.2) is 0 Å². The number of hydrogen-bond acceptors (Lipinski definition) is 3. The second kappa shape index (κ2) is 3.06. The molecule has 0 amide bonds. The summed E-state index contributed by atoms with van der Waals surface area (Å²) < 4.78 is 30.7. The molecule has 0 aromatic carbocycles. The van der Waals surface area contributed by atoms with E-state index in [0.717, 1.165) is 0 Å². The van der Waals surface area contributed by atoms with Crippen LogP contribution in [0.3, 0.4) is 0 Å². The van der Waals surface area contributed by atoms with Gasteiger partial charge in [0.05, 0.1) is 0 Å². The number of hydrogen-bond donors (Lipinski definition) is 1. The van der Waals surface area contributed by atoms with E-state index < -0.39 is 10.2 Å². The largest absolute Gasteiger partial charge is 0.366 e. The predicted octanol–water partition coefficient (Wildman–Crippen LogP) is -0.871. The molecule has 1 aliphatic heterocycles. The highest BCUT2D eigenvalue weighted by Gasteiger charge is 2.27. The molecule has 0 saturated carbocycles. The Morgan fingerprint density at radius 2 is 2.27 bits per heavy atom. The monoisotopic (exact) mass is 180 g/mol. The fraction of sp³-hybridized carbons (Fsp3) is 1.00. The van der Waals surface area contributed by atoms with Gasteiger partial charge in [0.15, 0.2) is 0 Å². The Bertz CT molecular complexity index is 226. The second-order valence-electron chi connectivity index (χ2n) is 2.46. The van der Waals surface area contributed by atoms with Gasteiger partial charge < -0.3 is 4.74 Å². The van der Waals surface area contributed by atoms with Crippen LogP contribution in [-0.2, 0) is 14.9 Å². The highest BCUT2D eigenvalue weighted by atomic mass is 32.2. The molecule has 0 spiro atoms. The van der Waals surface area contributed by atoms with Crippen LogP contribution in [0.2, 0.25) is 0 Å². The topological polar surface area (TPSA) is 58.6 Å². The normalized spacial score (nSPS) is 32.0. The van der Waals surface area contributed by atoms with Gasteiger partial charge in [0.2, 0.25) is 0 Å². The van der Waals surface area contributed by atoms with Crippen LogP contribution in [0.5, 0.6) is 0 Å². The molecule has 0 aromatic heterocycles. The minimum atomic E-state index is -3.26. The Morgan fingerprint density at radius 3 is 2.73 bits per heavy atom. The van der Waals surface area contributed by atoms with E-state index in [1.54, 1.807) is 0 Å². The fourth-order valence-electron chi connectivity index (χ4n) is 0.900. The van der Waals surface area contributed by atoms with Gasteiger partial charge in [0.25, 0.3) is 10.2 Å². The molecule has 1 N–H and O–H groups in total. The van der Waals surface area contributed by atoms with E-state index in [1.165, 1.54) is 18.5 Å². The van der Waals surface area contributed by atoms with E-state index in [0.29, 0.717) is 13.0 Å². The van der Waals surface area contributed by atoms with E-state index in [2.05, 4.69) is 4.72 Å². The minimum absolute atomic E-state index is 0.365. The van der Waals surface area contributed by atoms with Crippen molar-refractivity contribution in [2.24, 2.45) is 0 Å². The average molecular weight is 180 g/mol. The van der Waals surface area contributed by atoms with Crippen molar-refractivity contribution in [1.82, 2.24) is 9.03 Å². The van der Waals surface area contributed by atoms with E-state index in [9.17, 15) is 8.42 Å². The SMILES string of the molecule is COC1CCN(C)S(=O)(=O)N1. The van der Waals surface area contributed by atoms with Gasteiger partial charge in [-0.05, 0) is 0 Å². The third kappa shape index (κ3) is 1.90. The second-order valence-corrected chi connectivity index (χ2v) is 4.27. The van der Waals surface area contributed by atoms with Gasteiger partial charge in [-0.1, -0.05) is 0 Å². The number of nitrogens with one attached hydrogen (secondary N) is 1. The molecule has 0 bridgehead atoms. The minimum Gasteiger partial charge on any atom is -0.366 e. The average Bonchev–Trinajstić information content (AvgIpc) is 1.95. The Morgan fingerprint density at radius 1 is 1.64 bits per heavy atom. The van der Waals surface area contributed by atoms with Crippen molar-refractivity contribution >= 4 is 10.2 Å². The number of ether oxygens (including phenoxy) is 1. The molecule has 1 atom stereocenters. The summed E-state index contributed by atoms with van der Waals surface area (Å²) in [6.07, 6.45) is 0.322. The molecule has 1 fully saturated rings. The van der Waals surface area contributed by atoms with Gasteiger partial charge >= 0.3 is 0 Å². The Balaban J connectivity index is 2.67. The molecular weight excluding hydrogens is 168 g/mol. The van der Waals surface area contributed by atoms with Crippen molar-refractivity contribution in [1.29, 1.82) is 0 Å². The quantitative estimate of drug-likeness (QED) is 0.570. The van der Waals surface area contributed by atoms with Crippen molar-refractivity contribution < 1.29 is 13.2 Å². The van der Waals surface area contributed by atoms with E-state index in [1.807, 2.05) is 0 Å². The number of rotatable bonds is 1. The van der Waals surface area contributed by atoms with Crippen LogP contribution in [0.15, 0.2) is 0 Å². The zero-order valence-corrected chi connectivity index (χ0v) is 7.39. The first-order valence-electron chi connectivity index (χ1n) is 3.32. The van der Waals surface area contributed by atoms with Crippen LogP contribution in [-0.4, -0.2) is 39.7 Å². The Kier molecular flexibility index (Phi) is 2.48. The van der Waals surface area contributed by atoms with Gasteiger partial charge in [0.1, 0.15) is 6.23 Å². The summed E-state index contributed by atoms with van der Waals surface area (Å²) in [5, 5.41) is 0. The van der Waals surface area contributed by atoms with Crippen LogP contribution in [0.4, 0.5) is 0 Å². The molecule has 0 aliphatic carbocycles. The van der Waals surface area contributed by atoms with Crippen molar-refractivity contribution in [2.45, 2.75) is 12.6 Å². The molecule has 1 saturated heterocycles. The summed E-state index contributed by atoms with van der Waals surface area (Å²) in [6, 6.07) is 0. The number of methoxy groups -OCH3 is 1. The van der Waals surface area contributed by atoms with Gasteiger partial charge in [-0.15, -0.1) is 0 Å². The maximum Gasteiger partial charge on any atom is 0.281 e. The molecule has 1 heterocycles. The molecule has 0 radical (unpaired) electrons. The van der Waals surface area contributed by atoms with Gasteiger partial charge in [-0.3, -0.25) is 0 Å². The molecule has 1 rings (SSSR count). The first kappa shape index (κ1) is 8.92. The molecule has 5 nitrogen and oxygen atoms in total. The Hall–Kier alpha value is -0.170. The predicted molar refractivity (Wildman–Crippen MR) is 40.1 cm³/mol. The zero-order valence-electron chi connectivity index (χ0n) is 6.57. The molecular formula is C5H12N2O3S. The maximum absolute atomic E-state index is 11.1. The lowest BCUT2D eigenvalue weighted by atomic mass is 10.4. The van der Waals surface area contributed by atoms with Crippen LogP contribution in [0, 0.1) is 0 Å². The molecule has 1 aliphatic rings. The Labute approximate surface area is 66.5 Å². The third-order valence-electron chi connectivity index (χ3n) is 1.68. The first-order valence-corrected chi connectivity index (χ1v) is 4.76. The summed E-state index contributed by atoms with van der Waals surface area (Å²) in [5.74, 6) is 0. The molecule has 66 valence electrons. The summed E-state index contributed by atoms with van der Waals surface area (Å²) in [6.45, 7) is 0.508. The van der Waals surface area contributed by atoms with Crippen molar-refractivity contribution in [3.05, 3.63) is 0 Å². The molecule has 11 heavy (non-hydrogen) atoms. The standard InChI is InChI=1S/C5H12N2O3S/c1-7-4-3-5(10-2)6-11(7,8)9/h5-6H,3-4H2,1-2H3. The van der Waals surface area contributed by atoms with E-state index in [-0.39, 0.29) is 6.23 Å². The van der Waals surface area contributed by atoms with Crippen LogP contribution >= 0.6 is 0 Å². The summed E-state index contributed by atoms with van der Waals surface area (Å²) in [7, 11) is -0.244. The molecule has 1 unspecified atom stereocenters. The first-order chi connectivity index (χ1) is 5.06. The van der Waals surface area contributed by atoms with Crippen LogP contribution in [0.25, 0.3) is 0 Å². The fourth-order valence-corrected chi connectivity index (χ4v) is 1.97. The lowest BCUT2D eigenvalue weighted by molar-refractivity contribution is 0.0726. The zero-order chi connectivity index (χ0) is 8.48. The smallest absolute Gasteiger partial charge is 0.281 e. The van der Waals surface area contributed by atoms with Crippen molar-refractivity contribution in [3.63, 3.8) is 0 Å². The van der Waals surface area contributed by atoms with E-state index >= 15 is 0 Å². The third-order valence-corrected chi connectivity index (χ3v) is 3.25. The molecule has 6 heteroatoms. The lowest BCUT2D eigenvalue weighted by Crippen LogP contribution is -2.50. The highest BCUT2D eigenvalue weighted by Crippen LogP contribution is 2.07. The maximum atomic E-state index is 11.1. The van der Waals surface area contributed by atoms with Crippen LogP contribution in [0.1, 0.15) is 6.42 Å². The van der Waals surface area contributed by atoms with Crippen LogP contribution < -0.4 is 4.72 Å². The van der Waals surface area contributed by atoms with E-state index in [4.69, 9.17) is 4.74 Å². The van der Waals surface area contributed by atoms with Crippen molar-refractivity contribution in [3.8, 4) is 0 Å². The summed E-state index contributed by atoms with van der Waals surface area (Å²) in [5.41, 5.74) is 0. The lowest BCUT2D eigenvalue weighted by Gasteiger charge is -2.28. The molecule has 0 aromatic rings. The highest BCUT2D eigenvalue weighted by molar-refractivity contribution is 7.87.